The Labute approximate surface area is 138 Å². The Bertz CT molecular complexity index is 947. The van der Waals surface area contributed by atoms with Crippen LogP contribution in [0, 0.1) is 0 Å². The SMILES string of the molecule is COc1ccnc(Cc2cc3cc[nH]c(=O)c3c(NC3CC3)n2)c1. The zero-order valence-corrected chi connectivity index (χ0v) is 13.4. The van der Waals surface area contributed by atoms with Crippen molar-refractivity contribution in [1.29, 1.82) is 0 Å². The molecule has 1 saturated carbocycles. The minimum Gasteiger partial charge on any atom is -0.497 e. The van der Waals surface area contributed by atoms with Crippen LogP contribution in [0.15, 0.2) is 41.5 Å². The fourth-order valence-electron chi connectivity index (χ4n) is 2.75. The molecule has 0 amide bonds. The number of nitrogens with zero attached hydrogens (tertiary/aromatic N) is 2. The lowest BCUT2D eigenvalue weighted by Crippen LogP contribution is -2.13. The van der Waals surface area contributed by atoms with Gasteiger partial charge in [-0.2, -0.15) is 0 Å². The molecule has 122 valence electrons. The molecule has 0 atom stereocenters. The number of H-pyrrole nitrogens is 1. The molecule has 1 aliphatic rings. The maximum Gasteiger partial charge on any atom is 0.259 e. The second-order valence-corrected chi connectivity index (χ2v) is 6.02. The van der Waals surface area contributed by atoms with Crippen molar-refractivity contribution in [2.24, 2.45) is 0 Å². The van der Waals surface area contributed by atoms with E-state index in [2.05, 4.69) is 20.3 Å². The molecule has 0 saturated heterocycles. The number of fused-ring (bicyclic) bond motifs is 1. The van der Waals surface area contributed by atoms with Gasteiger partial charge in [0.15, 0.2) is 0 Å². The summed E-state index contributed by atoms with van der Waals surface area (Å²) in [7, 11) is 1.64. The number of nitrogens with one attached hydrogen (secondary N) is 2. The fourth-order valence-corrected chi connectivity index (χ4v) is 2.75. The van der Waals surface area contributed by atoms with Gasteiger partial charge in [-0.3, -0.25) is 9.78 Å². The summed E-state index contributed by atoms with van der Waals surface area (Å²) in [5.74, 6) is 1.43. The maximum atomic E-state index is 12.2. The second-order valence-electron chi connectivity index (χ2n) is 6.02. The first kappa shape index (κ1) is 14.7. The van der Waals surface area contributed by atoms with Crippen LogP contribution >= 0.6 is 0 Å². The predicted octanol–water partition coefficient (Wildman–Crippen LogP) is 2.49. The molecule has 24 heavy (non-hydrogen) atoms. The smallest absolute Gasteiger partial charge is 0.259 e. The number of rotatable bonds is 5. The van der Waals surface area contributed by atoms with Gasteiger partial charge in [0.05, 0.1) is 12.5 Å². The first-order valence-corrected chi connectivity index (χ1v) is 8.00. The first-order valence-electron chi connectivity index (χ1n) is 8.00. The van der Waals surface area contributed by atoms with E-state index in [1.807, 2.05) is 24.3 Å². The topological polar surface area (TPSA) is 79.9 Å². The quantitative estimate of drug-likeness (QED) is 0.754. The molecular formula is C18H18N4O2. The predicted molar refractivity (Wildman–Crippen MR) is 92.6 cm³/mol. The average Bonchev–Trinajstić information content (AvgIpc) is 3.39. The number of hydrogen-bond donors (Lipinski definition) is 2. The van der Waals surface area contributed by atoms with E-state index in [-0.39, 0.29) is 5.56 Å². The van der Waals surface area contributed by atoms with Gasteiger partial charge in [0.1, 0.15) is 11.6 Å². The Balaban J connectivity index is 1.76. The van der Waals surface area contributed by atoms with Gasteiger partial charge in [-0.25, -0.2) is 4.98 Å². The molecule has 3 aromatic rings. The van der Waals surface area contributed by atoms with Gasteiger partial charge in [-0.1, -0.05) is 0 Å². The van der Waals surface area contributed by atoms with E-state index in [4.69, 9.17) is 4.74 Å². The van der Waals surface area contributed by atoms with Crippen molar-refractivity contribution < 1.29 is 4.74 Å². The third-order valence-corrected chi connectivity index (χ3v) is 4.11. The average molecular weight is 322 g/mol. The Hall–Kier alpha value is -2.89. The van der Waals surface area contributed by atoms with Crippen LogP contribution in [0.2, 0.25) is 0 Å². The van der Waals surface area contributed by atoms with Crippen LogP contribution in [-0.4, -0.2) is 28.1 Å². The van der Waals surface area contributed by atoms with Gasteiger partial charge in [-0.15, -0.1) is 0 Å². The Morgan fingerprint density at radius 1 is 1.29 bits per heavy atom. The van der Waals surface area contributed by atoms with Gasteiger partial charge < -0.3 is 15.0 Å². The molecule has 2 N–H and O–H groups in total. The van der Waals surface area contributed by atoms with E-state index in [1.165, 1.54) is 0 Å². The molecule has 1 fully saturated rings. The highest BCUT2D eigenvalue weighted by molar-refractivity contribution is 5.91. The fraction of sp³-hybridized carbons (Fsp3) is 0.278. The van der Waals surface area contributed by atoms with Crippen molar-refractivity contribution >= 4 is 16.6 Å². The zero-order valence-electron chi connectivity index (χ0n) is 13.4. The number of ether oxygens (including phenoxy) is 1. The molecule has 3 aromatic heterocycles. The molecule has 0 radical (unpaired) electrons. The van der Waals surface area contributed by atoms with Gasteiger partial charge >= 0.3 is 0 Å². The molecule has 0 aliphatic heterocycles. The lowest BCUT2D eigenvalue weighted by atomic mass is 10.1. The maximum absolute atomic E-state index is 12.2. The molecule has 6 nitrogen and oxygen atoms in total. The van der Waals surface area contributed by atoms with Crippen molar-refractivity contribution in [3.8, 4) is 5.75 Å². The van der Waals surface area contributed by atoms with Gasteiger partial charge in [0.25, 0.3) is 5.56 Å². The molecule has 4 rings (SSSR count). The molecule has 0 unspecified atom stereocenters. The van der Waals surface area contributed by atoms with Crippen molar-refractivity contribution in [3.63, 3.8) is 0 Å². The highest BCUT2D eigenvalue weighted by Crippen LogP contribution is 2.28. The zero-order chi connectivity index (χ0) is 16.5. The van der Waals surface area contributed by atoms with Crippen LogP contribution in [0.25, 0.3) is 10.8 Å². The molecule has 1 aliphatic carbocycles. The Kier molecular flexibility index (Phi) is 3.65. The first-order chi connectivity index (χ1) is 11.7. The van der Waals surface area contributed by atoms with Crippen LogP contribution < -0.4 is 15.6 Å². The lowest BCUT2D eigenvalue weighted by Gasteiger charge is -2.10. The number of methoxy groups -OCH3 is 1. The monoisotopic (exact) mass is 322 g/mol. The number of aromatic amines is 1. The third kappa shape index (κ3) is 2.95. The van der Waals surface area contributed by atoms with E-state index >= 15 is 0 Å². The largest absolute Gasteiger partial charge is 0.497 e. The van der Waals surface area contributed by atoms with E-state index in [9.17, 15) is 4.79 Å². The molecule has 0 bridgehead atoms. The van der Waals surface area contributed by atoms with Gasteiger partial charge in [0, 0.05) is 42.3 Å². The summed E-state index contributed by atoms with van der Waals surface area (Å²) in [6, 6.07) is 7.99. The molecular weight excluding hydrogens is 304 g/mol. The summed E-state index contributed by atoms with van der Waals surface area (Å²) < 4.78 is 5.24. The van der Waals surface area contributed by atoms with Gasteiger partial charge in [0.2, 0.25) is 0 Å². The van der Waals surface area contributed by atoms with E-state index in [0.717, 1.165) is 35.4 Å². The summed E-state index contributed by atoms with van der Waals surface area (Å²) in [6.07, 6.45) is 6.22. The van der Waals surface area contributed by atoms with Crippen molar-refractivity contribution in [2.75, 3.05) is 12.4 Å². The Morgan fingerprint density at radius 2 is 2.17 bits per heavy atom. The highest BCUT2D eigenvalue weighted by Gasteiger charge is 2.23. The van der Waals surface area contributed by atoms with Crippen LogP contribution in [-0.2, 0) is 6.42 Å². The molecule has 0 spiro atoms. The minimum atomic E-state index is -0.116. The van der Waals surface area contributed by atoms with Crippen molar-refractivity contribution in [3.05, 3.63) is 58.4 Å². The highest BCUT2D eigenvalue weighted by atomic mass is 16.5. The summed E-state index contributed by atoms with van der Waals surface area (Å²) in [6.45, 7) is 0. The normalized spacial score (nSPS) is 13.9. The summed E-state index contributed by atoms with van der Waals surface area (Å²) in [5, 5.41) is 4.87. The minimum absolute atomic E-state index is 0.116. The van der Waals surface area contributed by atoms with Crippen molar-refractivity contribution in [1.82, 2.24) is 15.0 Å². The Morgan fingerprint density at radius 3 is 2.96 bits per heavy atom. The van der Waals surface area contributed by atoms with E-state index < -0.39 is 0 Å². The van der Waals surface area contributed by atoms with Crippen LogP contribution in [0.3, 0.4) is 0 Å². The lowest BCUT2D eigenvalue weighted by molar-refractivity contribution is 0.413. The molecule has 0 aromatic carbocycles. The molecule has 6 heteroatoms. The second kappa shape index (κ2) is 5.96. The third-order valence-electron chi connectivity index (χ3n) is 4.11. The molecule has 3 heterocycles. The van der Waals surface area contributed by atoms with Crippen molar-refractivity contribution in [2.45, 2.75) is 25.3 Å². The number of pyridine rings is 3. The summed E-state index contributed by atoms with van der Waals surface area (Å²) in [5.41, 5.74) is 1.63. The number of aromatic nitrogens is 3. The standard InChI is InChI=1S/C18H18N4O2/c1-24-15-5-7-19-13(10-15)9-14-8-11-4-6-20-18(23)16(11)17(22-14)21-12-2-3-12/h4-8,10,12H,2-3,9H2,1H3,(H,20,23)(H,21,22). The van der Waals surface area contributed by atoms with Crippen LogP contribution in [0.5, 0.6) is 5.75 Å². The van der Waals surface area contributed by atoms with Crippen LogP contribution in [0.1, 0.15) is 24.2 Å². The van der Waals surface area contributed by atoms with E-state index in [1.54, 1.807) is 19.5 Å². The summed E-state index contributed by atoms with van der Waals surface area (Å²) in [4.78, 5) is 24.0. The van der Waals surface area contributed by atoms with Gasteiger partial charge in [-0.05, 0) is 36.4 Å². The number of anilines is 1. The summed E-state index contributed by atoms with van der Waals surface area (Å²) >= 11 is 0. The van der Waals surface area contributed by atoms with E-state index in [0.29, 0.717) is 23.7 Å². The van der Waals surface area contributed by atoms with Crippen LogP contribution in [0.4, 0.5) is 5.82 Å². The number of hydrogen-bond acceptors (Lipinski definition) is 5.